The van der Waals surface area contributed by atoms with E-state index >= 15 is 0 Å². The Balaban J connectivity index is 1.42. The highest BCUT2D eigenvalue weighted by Crippen LogP contribution is 2.48. The topological polar surface area (TPSA) is 84.9 Å². The predicted molar refractivity (Wildman–Crippen MR) is 104 cm³/mol. The number of methoxy groups -OCH3 is 1. The lowest BCUT2D eigenvalue weighted by molar-refractivity contribution is -0.137. The predicted octanol–water partition coefficient (Wildman–Crippen LogP) is 3.36. The van der Waals surface area contributed by atoms with E-state index < -0.39 is 5.97 Å². The van der Waals surface area contributed by atoms with Crippen LogP contribution in [0.4, 0.5) is 0 Å². The summed E-state index contributed by atoms with van der Waals surface area (Å²) < 4.78 is 10.8. The van der Waals surface area contributed by atoms with Crippen LogP contribution >= 0.6 is 0 Å². The molecular weight excluding hydrogens is 358 g/mol. The fraction of sp³-hybridized carbons (Fsp3) is 0.364. The molecule has 2 aromatic rings. The Morgan fingerprint density at radius 2 is 1.93 bits per heavy atom. The van der Waals surface area contributed by atoms with Crippen LogP contribution in [0.2, 0.25) is 0 Å². The number of rotatable bonds is 10. The number of carbonyl (C=O) groups excluding carboxylic acids is 1. The molecule has 0 bridgehead atoms. The fourth-order valence-corrected chi connectivity index (χ4v) is 3.16. The number of carbonyl (C=O) groups is 2. The molecule has 1 aliphatic carbocycles. The van der Waals surface area contributed by atoms with Gasteiger partial charge in [-0.2, -0.15) is 0 Å². The van der Waals surface area contributed by atoms with E-state index in [1.54, 1.807) is 7.11 Å². The van der Waals surface area contributed by atoms with Crippen molar-refractivity contribution < 1.29 is 24.2 Å². The van der Waals surface area contributed by atoms with Crippen molar-refractivity contribution in [2.24, 2.45) is 5.92 Å². The third kappa shape index (κ3) is 5.49. The summed E-state index contributed by atoms with van der Waals surface area (Å²) in [5, 5.41) is 11.6. The molecule has 2 unspecified atom stereocenters. The summed E-state index contributed by atoms with van der Waals surface area (Å²) in [5.41, 5.74) is 2.13. The van der Waals surface area contributed by atoms with Crippen molar-refractivity contribution in [2.45, 2.75) is 31.7 Å². The second-order valence-corrected chi connectivity index (χ2v) is 6.93. The average molecular weight is 383 g/mol. The van der Waals surface area contributed by atoms with E-state index in [1.807, 2.05) is 48.5 Å². The zero-order valence-electron chi connectivity index (χ0n) is 15.9. The first-order valence-corrected chi connectivity index (χ1v) is 9.42. The van der Waals surface area contributed by atoms with Crippen LogP contribution in [-0.2, 0) is 16.1 Å². The molecule has 2 N–H and O–H groups in total. The number of carboxylic acid groups (broad SMARTS) is 1. The molecular formula is C22H25NO5. The smallest absolute Gasteiger partial charge is 0.303 e. The number of carboxylic acids is 1. The van der Waals surface area contributed by atoms with E-state index in [2.05, 4.69) is 5.32 Å². The lowest BCUT2D eigenvalue weighted by Crippen LogP contribution is -2.24. The van der Waals surface area contributed by atoms with Crippen molar-refractivity contribution in [1.82, 2.24) is 5.32 Å². The second-order valence-electron chi connectivity index (χ2n) is 6.93. The average Bonchev–Trinajstić information content (AvgIpc) is 3.51. The molecule has 0 aliphatic heterocycles. The Morgan fingerprint density at radius 1 is 1.14 bits per heavy atom. The van der Waals surface area contributed by atoms with Gasteiger partial charge in [0.2, 0.25) is 5.91 Å². The molecule has 6 nitrogen and oxygen atoms in total. The van der Waals surface area contributed by atoms with Gasteiger partial charge >= 0.3 is 5.97 Å². The first-order valence-electron chi connectivity index (χ1n) is 9.42. The third-order valence-electron chi connectivity index (χ3n) is 4.84. The van der Waals surface area contributed by atoms with Crippen molar-refractivity contribution in [2.75, 3.05) is 13.7 Å². The normalized spacial score (nSPS) is 17.6. The van der Waals surface area contributed by atoms with Gasteiger partial charge in [-0.15, -0.1) is 0 Å². The van der Waals surface area contributed by atoms with Crippen LogP contribution in [0.15, 0.2) is 48.5 Å². The Kier molecular flexibility index (Phi) is 6.53. The summed E-state index contributed by atoms with van der Waals surface area (Å²) in [6.07, 6.45) is 1.44. The van der Waals surface area contributed by atoms with E-state index in [4.69, 9.17) is 14.6 Å². The molecule has 0 spiro atoms. The van der Waals surface area contributed by atoms with Gasteiger partial charge in [0.15, 0.2) is 0 Å². The highest BCUT2D eigenvalue weighted by molar-refractivity contribution is 5.82. The SMILES string of the molecule is COc1cccc(C2CC2C(=O)NCc2ccc(OCCCC(=O)O)cc2)c1. The number of amides is 1. The van der Waals surface area contributed by atoms with Gasteiger partial charge in [0.25, 0.3) is 0 Å². The minimum Gasteiger partial charge on any atom is -0.497 e. The van der Waals surface area contributed by atoms with Gasteiger partial charge in [-0.25, -0.2) is 0 Å². The Morgan fingerprint density at radius 3 is 2.64 bits per heavy atom. The molecule has 0 radical (unpaired) electrons. The molecule has 148 valence electrons. The molecule has 1 aliphatic rings. The van der Waals surface area contributed by atoms with Crippen LogP contribution in [0.25, 0.3) is 0 Å². The van der Waals surface area contributed by atoms with Crippen molar-refractivity contribution in [3.05, 3.63) is 59.7 Å². The molecule has 6 heteroatoms. The second kappa shape index (κ2) is 9.26. The minimum atomic E-state index is -0.820. The molecule has 2 aromatic carbocycles. The van der Waals surface area contributed by atoms with E-state index in [0.29, 0.717) is 25.3 Å². The monoisotopic (exact) mass is 383 g/mol. The van der Waals surface area contributed by atoms with Gasteiger partial charge in [-0.05, 0) is 54.2 Å². The van der Waals surface area contributed by atoms with Crippen molar-refractivity contribution >= 4 is 11.9 Å². The Hall–Kier alpha value is -3.02. The summed E-state index contributed by atoms with van der Waals surface area (Å²) in [6.45, 7) is 0.842. The fourth-order valence-electron chi connectivity index (χ4n) is 3.16. The highest BCUT2D eigenvalue weighted by atomic mass is 16.5. The maximum atomic E-state index is 12.4. The van der Waals surface area contributed by atoms with Gasteiger partial charge in [0, 0.05) is 18.9 Å². The standard InChI is InChI=1S/C22H25NO5/c1-27-18-5-2-4-16(12-18)19-13-20(19)22(26)23-14-15-7-9-17(10-8-15)28-11-3-6-21(24)25/h2,4-5,7-10,12,19-20H,3,6,11,13-14H2,1H3,(H,23,26)(H,24,25). The van der Waals surface area contributed by atoms with Gasteiger partial charge < -0.3 is 19.9 Å². The van der Waals surface area contributed by atoms with E-state index in [-0.39, 0.29) is 24.2 Å². The molecule has 0 heterocycles. The van der Waals surface area contributed by atoms with Crippen LogP contribution in [-0.4, -0.2) is 30.7 Å². The van der Waals surface area contributed by atoms with Crippen LogP contribution in [0.1, 0.15) is 36.3 Å². The van der Waals surface area contributed by atoms with Crippen LogP contribution in [0, 0.1) is 5.92 Å². The van der Waals surface area contributed by atoms with Gasteiger partial charge in [-0.3, -0.25) is 9.59 Å². The van der Waals surface area contributed by atoms with Crippen LogP contribution in [0.5, 0.6) is 11.5 Å². The molecule has 0 aromatic heterocycles. The summed E-state index contributed by atoms with van der Waals surface area (Å²) in [4.78, 5) is 22.9. The van der Waals surface area contributed by atoms with Crippen molar-refractivity contribution in [3.8, 4) is 11.5 Å². The summed E-state index contributed by atoms with van der Waals surface area (Å²) in [7, 11) is 1.64. The van der Waals surface area contributed by atoms with E-state index in [1.165, 1.54) is 0 Å². The Bertz CT molecular complexity index is 818. The number of nitrogens with one attached hydrogen (secondary N) is 1. The molecule has 2 atom stereocenters. The number of hydrogen-bond acceptors (Lipinski definition) is 4. The first-order chi connectivity index (χ1) is 13.6. The largest absolute Gasteiger partial charge is 0.497 e. The number of ether oxygens (including phenoxy) is 2. The van der Waals surface area contributed by atoms with E-state index in [9.17, 15) is 9.59 Å². The molecule has 3 rings (SSSR count). The quantitative estimate of drug-likeness (QED) is 0.615. The van der Waals surface area contributed by atoms with E-state index in [0.717, 1.165) is 23.3 Å². The van der Waals surface area contributed by atoms with Crippen molar-refractivity contribution in [1.29, 1.82) is 0 Å². The zero-order valence-corrected chi connectivity index (χ0v) is 15.9. The third-order valence-corrected chi connectivity index (χ3v) is 4.84. The molecule has 1 amide bonds. The number of aliphatic carboxylic acids is 1. The highest BCUT2D eigenvalue weighted by Gasteiger charge is 2.43. The lowest BCUT2D eigenvalue weighted by atomic mass is 10.1. The van der Waals surface area contributed by atoms with Gasteiger partial charge in [-0.1, -0.05) is 24.3 Å². The van der Waals surface area contributed by atoms with Crippen LogP contribution in [0.3, 0.4) is 0 Å². The summed E-state index contributed by atoms with van der Waals surface area (Å²) in [6, 6.07) is 15.4. The first kappa shape index (κ1) is 19.7. The van der Waals surface area contributed by atoms with Crippen LogP contribution < -0.4 is 14.8 Å². The Labute approximate surface area is 164 Å². The maximum absolute atomic E-state index is 12.4. The van der Waals surface area contributed by atoms with Gasteiger partial charge in [0.05, 0.1) is 13.7 Å². The summed E-state index contributed by atoms with van der Waals surface area (Å²) >= 11 is 0. The van der Waals surface area contributed by atoms with Gasteiger partial charge in [0.1, 0.15) is 11.5 Å². The zero-order chi connectivity index (χ0) is 19.9. The molecule has 0 saturated heterocycles. The minimum absolute atomic E-state index is 0.0175. The molecule has 28 heavy (non-hydrogen) atoms. The molecule has 1 fully saturated rings. The van der Waals surface area contributed by atoms with Crippen molar-refractivity contribution in [3.63, 3.8) is 0 Å². The summed E-state index contributed by atoms with van der Waals surface area (Å²) in [5.74, 6) is 1.04. The number of hydrogen-bond donors (Lipinski definition) is 2. The lowest BCUT2D eigenvalue weighted by Gasteiger charge is -2.08. The maximum Gasteiger partial charge on any atom is 0.303 e. The number of benzene rings is 2. The molecule has 1 saturated carbocycles.